The molecule has 0 N–H and O–H groups in total. The fraction of sp³-hybridized carbons (Fsp3) is 0.188. The van der Waals surface area contributed by atoms with Crippen molar-refractivity contribution in [3.8, 4) is 17.2 Å². The smallest absolute Gasteiger partial charge is 0.148 e. The van der Waals surface area contributed by atoms with Crippen molar-refractivity contribution in [1.29, 1.82) is 0 Å². The molecule has 0 bridgehead atoms. The molecule has 0 aliphatic rings. The van der Waals surface area contributed by atoms with Crippen LogP contribution in [0.1, 0.15) is 5.56 Å². The van der Waals surface area contributed by atoms with E-state index in [0.29, 0.717) is 5.75 Å². The minimum Gasteiger partial charge on any atom is -0.497 e. The van der Waals surface area contributed by atoms with Gasteiger partial charge >= 0.3 is 0 Å². The number of rotatable bonds is 5. The molecule has 20 heavy (non-hydrogen) atoms. The van der Waals surface area contributed by atoms with Crippen molar-refractivity contribution in [3.63, 3.8) is 0 Å². The Labute approximate surface area is 118 Å². The highest BCUT2D eigenvalue weighted by Crippen LogP contribution is 2.31. The average Bonchev–Trinajstić information content (AvgIpc) is 2.53. The van der Waals surface area contributed by atoms with Gasteiger partial charge in [0.05, 0.1) is 21.3 Å². The summed E-state index contributed by atoms with van der Waals surface area (Å²) >= 11 is 0. The van der Waals surface area contributed by atoms with Crippen molar-refractivity contribution < 1.29 is 14.2 Å². The molecule has 0 atom stereocenters. The fourth-order valence-electron chi connectivity index (χ4n) is 1.73. The van der Waals surface area contributed by atoms with Gasteiger partial charge in [-0.1, -0.05) is 0 Å². The van der Waals surface area contributed by atoms with Crippen molar-refractivity contribution in [3.05, 3.63) is 48.0 Å². The van der Waals surface area contributed by atoms with Crippen LogP contribution in [0.15, 0.2) is 47.5 Å². The van der Waals surface area contributed by atoms with Gasteiger partial charge in [0.2, 0.25) is 0 Å². The van der Waals surface area contributed by atoms with Crippen LogP contribution in [0.25, 0.3) is 0 Å². The van der Waals surface area contributed by atoms with Crippen molar-refractivity contribution in [2.75, 3.05) is 21.3 Å². The van der Waals surface area contributed by atoms with Gasteiger partial charge in [-0.3, -0.25) is 4.99 Å². The highest BCUT2D eigenvalue weighted by Gasteiger charge is 2.03. The maximum atomic E-state index is 5.30. The third-order valence-electron chi connectivity index (χ3n) is 2.86. The Hall–Kier alpha value is -2.49. The Balaban J connectivity index is 2.21. The Kier molecular flexibility index (Phi) is 4.60. The molecule has 0 aliphatic heterocycles. The summed E-state index contributed by atoms with van der Waals surface area (Å²) in [4.78, 5) is 4.43. The van der Waals surface area contributed by atoms with E-state index < -0.39 is 0 Å². The van der Waals surface area contributed by atoms with Gasteiger partial charge in [0.15, 0.2) is 0 Å². The van der Waals surface area contributed by atoms with Gasteiger partial charge in [0.1, 0.15) is 22.9 Å². The topological polar surface area (TPSA) is 40.0 Å². The molecule has 2 aromatic rings. The van der Waals surface area contributed by atoms with E-state index in [1.165, 1.54) is 0 Å². The zero-order valence-electron chi connectivity index (χ0n) is 11.8. The van der Waals surface area contributed by atoms with Gasteiger partial charge in [0.25, 0.3) is 0 Å². The van der Waals surface area contributed by atoms with Crippen molar-refractivity contribution in [2.24, 2.45) is 4.99 Å². The first kappa shape index (κ1) is 13.9. The summed E-state index contributed by atoms with van der Waals surface area (Å²) in [6.45, 7) is 0. The predicted octanol–water partition coefficient (Wildman–Crippen LogP) is 3.46. The third-order valence-corrected chi connectivity index (χ3v) is 2.86. The Bertz CT molecular complexity index is 591. The third kappa shape index (κ3) is 3.29. The number of methoxy groups -OCH3 is 3. The number of nitrogens with zero attached hydrogens (tertiary/aromatic N) is 1. The van der Waals surface area contributed by atoms with Crippen LogP contribution in [0, 0.1) is 0 Å². The first-order valence-electron chi connectivity index (χ1n) is 6.17. The van der Waals surface area contributed by atoms with Gasteiger partial charge in [0, 0.05) is 12.3 Å². The van der Waals surface area contributed by atoms with Gasteiger partial charge in [-0.05, 0) is 42.0 Å². The van der Waals surface area contributed by atoms with Gasteiger partial charge < -0.3 is 14.2 Å². The zero-order valence-corrected chi connectivity index (χ0v) is 11.8. The Morgan fingerprint density at radius 1 is 0.800 bits per heavy atom. The summed E-state index contributed by atoms with van der Waals surface area (Å²) in [5, 5.41) is 0. The molecule has 0 aromatic heterocycles. The molecule has 0 spiro atoms. The highest BCUT2D eigenvalue weighted by molar-refractivity contribution is 5.83. The quantitative estimate of drug-likeness (QED) is 0.782. The summed E-state index contributed by atoms with van der Waals surface area (Å²) in [7, 11) is 4.88. The van der Waals surface area contributed by atoms with E-state index in [0.717, 1.165) is 22.7 Å². The molecule has 0 aliphatic carbocycles. The average molecular weight is 271 g/mol. The maximum Gasteiger partial charge on any atom is 0.148 e. The van der Waals surface area contributed by atoms with Crippen LogP contribution in [0.5, 0.6) is 17.2 Å². The van der Waals surface area contributed by atoms with E-state index in [2.05, 4.69) is 4.99 Å². The largest absolute Gasteiger partial charge is 0.497 e. The number of benzene rings is 2. The van der Waals surface area contributed by atoms with Gasteiger partial charge in [-0.25, -0.2) is 0 Å². The lowest BCUT2D eigenvalue weighted by Crippen LogP contribution is -1.88. The van der Waals surface area contributed by atoms with Crippen LogP contribution in [0.2, 0.25) is 0 Å². The van der Waals surface area contributed by atoms with Crippen LogP contribution >= 0.6 is 0 Å². The first-order chi connectivity index (χ1) is 9.76. The second kappa shape index (κ2) is 6.61. The second-order valence-electron chi connectivity index (χ2n) is 4.07. The molecule has 0 unspecified atom stereocenters. The molecule has 0 radical (unpaired) electrons. The zero-order chi connectivity index (χ0) is 14.4. The minimum absolute atomic E-state index is 0.675. The molecule has 4 nitrogen and oxygen atoms in total. The van der Waals surface area contributed by atoms with Crippen molar-refractivity contribution >= 4 is 11.9 Å². The monoisotopic (exact) mass is 271 g/mol. The molecule has 0 heterocycles. The number of hydrogen-bond donors (Lipinski definition) is 0. The lowest BCUT2D eigenvalue weighted by molar-refractivity contribution is 0.395. The molecule has 104 valence electrons. The number of ether oxygens (including phenoxy) is 3. The SMILES string of the molecule is COc1ccc(C=Nc2ccc(OC)cc2OC)cc1. The molecule has 2 rings (SSSR count). The molecular weight excluding hydrogens is 254 g/mol. The van der Waals surface area contributed by atoms with Crippen LogP contribution in [-0.2, 0) is 0 Å². The Morgan fingerprint density at radius 3 is 2.05 bits per heavy atom. The molecule has 0 saturated carbocycles. The molecule has 0 fully saturated rings. The normalized spacial score (nSPS) is 10.6. The summed E-state index contributed by atoms with van der Waals surface area (Å²) in [6, 6.07) is 13.2. The molecular formula is C16H17NO3. The van der Waals surface area contributed by atoms with Crippen LogP contribution in [0.4, 0.5) is 5.69 Å². The lowest BCUT2D eigenvalue weighted by Gasteiger charge is -2.06. The van der Waals surface area contributed by atoms with Crippen LogP contribution < -0.4 is 14.2 Å². The lowest BCUT2D eigenvalue weighted by atomic mass is 10.2. The van der Waals surface area contributed by atoms with E-state index in [4.69, 9.17) is 14.2 Å². The Morgan fingerprint density at radius 2 is 1.45 bits per heavy atom. The van der Waals surface area contributed by atoms with E-state index >= 15 is 0 Å². The van der Waals surface area contributed by atoms with Crippen molar-refractivity contribution in [1.82, 2.24) is 0 Å². The van der Waals surface area contributed by atoms with E-state index in [1.807, 2.05) is 36.4 Å². The summed E-state index contributed by atoms with van der Waals surface area (Å²) in [6.07, 6.45) is 1.78. The van der Waals surface area contributed by atoms with E-state index in [-0.39, 0.29) is 0 Å². The highest BCUT2D eigenvalue weighted by atomic mass is 16.5. The standard InChI is InChI=1S/C16H17NO3/c1-18-13-6-4-12(5-7-13)11-17-15-9-8-14(19-2)10-16(15)20-3/h4-11H,1-3H3. The minimum atomic E-state index is 0.675. The second-order valence-corrected chi connectivity index (χ2v) is 4.07. The molecule has 4 heteroatoms. The maximum absolute atomic E-state index is 5.30. The van der Waals surface area contributed by atoms with Crippen molar-refractivity contribution in [2.45, 2.75) is 0 Å². The number of aliphatic imine (C=N–C) groups is 1. The van der Waals surface area contributed by atoms with Gasteiger partial charge in [-0.2, -0.15) is 0 Å². The van der Waals surface area contributed by atoms with Gasteiger partial charge in [-0.15, -0.1) is 0 Å². The predicted molar refractivity (Wildman–Crippen MR) is 79.8 cm³/mol. The molecule has 0 amide bonds. The fourth-order valence-corrected chi connectivity index (χ4v) is 1.73. The van der Waals surface area contributed by atoms with Crippen LogP contribution in [-0.4, -0.2) is 27.5 Å². The van der Waals surface area contributed by atoms with E-state index in [9.17, 15) is 0 Å². The first-order valence-corrected chi connectivity index (χ1v) is 6.17. The summed E-state index contributed by atoms with van der Waals surface area (Å²) in [5.74, 6) is 2.24. The summed E-state index contributed by atoms with van der Waals surface area (Å²) < 4.78 is 15.6. The molecule has 0 saturated heterocycles. The van der Waals surface area contributed by atoms with Crippen LogP contribution in [0.3, 0.4) is 0 Å². The summed E-state index contributed by atoms with van der Waals surface area (Å²) in [5.41, 5.74) is 1.74. The van der Waals surface area contributed by atoms with E-state index in [1.54, 1.807) is 33.6 Å². The number of hydrogen-bond acceptors (Lipinski definition) is 4. The molecule has 2 aromatic carbocycles.